The second-order valence-corrected chi connectivity index (χ2v) is 10.3. The minimum atomic E-state index is -4.11. The molecule has 4 rings (SSSR count). The van der Waals surface area contributed by atoms with Gasteiger partial charge in [0.15, 0.2) is 5.13 Å². The van der Waals surface area contributed by atoms with Gasteiger partial charge in [0.1, 0.15) is 10.7 Å². The smallest absolute Gasteiger partial charge is 0.266 e. The minimum absolute atomic E-state index is 0.179. The van der Waals surface area contributed by atoms with Crippen LogP contribution in [0.15, 0.2) is 22.4 Å². The van der Waals surface area contributed by atoms with Crippen LogP contribution in [0, 0.1) is 18.7 Å². The van der Waals surface area contributed by atoms with Crippen LogP contribution in [0.2, 0.25) is 5.02 Å². The first-order chi connectivity index (χ1) is 13.3. The Balaban J connectivity index is 1.48. The Bertz CT molecular complexity index is 982. The zero-order valence-corrected chi connectivity index (χ0v) is 17.8. The molecular weight excluding hydrogens is 423 g/mol. The van der Waals surface area contributed by atoms with E-state index in [1.54, 1.807) is 12.3 Å². The monoisotopic (exact) mass is 444 g/mol. The van der Waals surface area contributed by atoms with E-state index in [0.29, 0.717) is 29.9 Å². The minimum Gasteiger partial charge on any atom is -0.383 e. The molecule has 1 aromatic carbocycles. The second-order valence-electron chi connectivity index (χ2n) is 7.34. The van der Waals surface area contributed by atoms with Crippen molar-refractivity contribution in [3.05, 3.63) is 34.0 Å². The Morgan fingerprint density at radius 3 is 2.93 bits per heavy atom. The second kappa shape index (κ2) is 7.78. The topological polar surface area (TPSA) is 74.3 Å². The molecule has 10 heteroatoms. The van der Waals surface area contributed by atoms with E-state index in [2.05, 4.69) is 19.9 Å². The van der Waals surface area contributed by atoms with E-state index < -0.39 is 20.7 Å². The van der Waals surface area contributed by atoms with Crippen LogP contribution in [0.5, 0.6) is 0 Å². The lowest BCUT2D eigenvalue weighted by Gasteiger charge is -2.21. The molecular formula is C18H22ClFN4O2S2. The maximum absolute atomic E-state index is 14.6. The molecule has 2 aromatic rings. The summed E-state index contributed by atoms with van der Waals surface area (Å²) in [5.74, 6) is -0.346. The van der Waals surface area contributed by atoms with Crippen LogP contribution in [0.3, 0.4) is 0 Å². The standard InChI is InChI=1S/C18H22ClFN4O2S2/c1-11-10-27-18(22-11)23-28(25,26)17-7-13(19)15(8-14(17)20)21-9-12-4-6-24-5-2-3-16(12)24/h7-8,10,12,16,21H,2-6,9H2,1H3,(H,22,23)/t12-,16?/m0/s1. The van der Waals surface area contributed by atoms with Crippen molar-refractivity contribution < 1.29 is 12.8 Å². The first-order valence-corrected chi connectivity index (χ1v) is 12.0. The summed E-state index contributed by atoms with van der Waals surface area (Å²) in [6.07, 6.45) is 3.55. The van der Waals surface area contributed by atoms with E-state index in [0.717, 1.165) is 43.0 Å². The van der Waals surface area contributed by atoms with Gasteiger partial charge in [0.25, 0.3) is 10.0 Å². The number of hydrogen-bond donors (Lipinski definition) is 2. The number of aromatic nitrogens is 1. The molecule has 6 nitrogen and oxygen atoms in total. The summed E-state index contributed by atoms with van der Waals surface area (Å²) in [7, 11) is -4.11. The van der Waals surface area contributed by atoms with Crippen LogP contribution in [0.1, 0.15) is 25.0 Å². The van der Waals surface area contributed by atoms with Crippen molar-refractivity contribution in [3.8, 4) is 0 Å². The number of sulfonamides is 1. The molecule has 0 bridgehead atoms. The highest BCUT2D eigenvalue weighted by Gasteiger charge is 2.36. The van der Waals surface area contributed by atoms with Gasteiger partial charge in [0, 0.05) is 18.0 Å². The van der Waals surface area contributed by atoms with E-state index in [-0.39, 0.29) is 10.2 Å². The molecule has 0 radical (unpaired) electrons. The number of aryl methyl sites for hydroxylation is 1. The molecule has 2 N–H and O–H groups in total. The number of thiazole rings is 1. The summed E-state index contributed by atoms with van der Waals surface area (Å²) in [6, 6.07) is 2.89. The molecule has 1 aromatic heterocycles. The molecule has 2 aliphatic heterocycles. The van der Waals surface area contributed by atoms with Crippen molar-refractivity contribution in [1.82, 2.24) is 9.88 Å². The number of fused-ring (bicyclic) bond motifs is 1. The first kappa shape index (κ1) is 19.9. The fourth-order valence-electron chi connectivity index (χ4n) is 4.11. The average Bonchev–Trinajstić information content (AvgIpc) is 3.33. The van der Waals surface area contributed by atoms with Crippen LogP contribution in [0.4, 0.5) is 15.2 Å². The van der Waals surface area contributed by atoms with E-state index in [1.165, 1.54) is 12.8 Å². The summed E-state index contributed by atoms with van der Waals surface area (Å²) < 4.78 is 41.9. The maximum Gasteiger partial charge on any atom is 0.266 e. The van der Waals surface area contributed by atoms with E-state index in [1.807, 2.05) is 0 Å². The predicted molar refractivity (Wildman–Crippen MR) is 110 cm³/mol. The van der Waals surface area contributed by atoms with Crippen molar-refractivity contribution in [2.45, 2.75) is 37.1 Å². The molecule has 0 aliphatic carbocycles. The molecule has 2 atom stereocenters. The van der Waals surface area contributed by atoms with E-state index >= 15 is 0 Å². The van der Waals surface area contributed by atoms with Gasteiger partial charge in [-0.25, -0.2) is 17.8 Å². The molecule has 28 heavy (non-hydrogen) atoms. The number of nitrogens with one attached hydrogen (secondary N) is 2. The highest BCUT2D eigenvalue weighted by Crippen LogP contribution is 2.34. The van der Waals surface area contributed by atoms with Crippen molar-refractivity contribution in [2.24, 2.45) is 5.92 Å². The Hall–Kier alpha value is -1.42. The van der Waals surface area contributed by atoms with Crippen LogP contribution < -0.4 is 10.0 Å². The van der Waals surface area contributed by atoms with Gasteiger partial charge < -0.3 is 10.2 Å². The lowest BCUT2D eigenvalue weighted by atomic mass is 9.98. The first-order valence-electron chi connectivity index (χ1n) is 9.25. The van der Waals surface area contributed by atoms with Crippen LogP contribution >= 0.6 is 22.9 Å². The van der Waals surface area contributed by atoms with E-state index in [9.17, 15) is 12.8 Å². The number of nitrogens with zero attached hydrogens (tertiary/aromatic N) is 2. The van der Waals surface area contributed by atoms with Gasteiger partial charge in [-0.05, 0) is 57.3 Å². The third kappa shape index (κ3) is 3.98. The lowest BCUT2D eigenvalue weighted by Crippen LogP contribution is -2.29. The fraction of sp³-hybridized carbons (Fsp3) is 0.500. The van der Waals surface area contributed by atoms with Crippen molar-refractivity contribution in [2.75, 3.05) is 29.7 Å². The molecule has 2 saturated heterocycles. The van der Waals surface area contributed by atoms with E-state index in [4.69, 9.17) is 11.6 Å². The average molecular weight is 445 g/mol. The molecule has 2 fully saturated rings. The van der Waals surface area contributed by atoms with Gasteiger partial charge in [-0.1, -0.05) is 11.6 Å². The van der Waals surface area contributed by atoms with Crippen LogP contribution in [0.25, 0.3) is 0 Å². The zero-order valence-electron chi connectivity index (χ0n) is 15.4. The Kier molecular flexibility index (Phi) is 5.52. The summed E-state index contributed by atoms with van der Waals surface area (Å²) in [5.41, 5.74) is 1.10. The summed E-state index contributed by atoms with van der Waals surface area (Å²) in [4.78, 5) is 6.07. The predicted octanol–water partition coefficient (Wildman–Crippen LogP) is 3.94. The number of anilines is 2. The van der Waals surface area contributed by atoms with Gasteiger partial charge in [0.2, 0.25) is 0 Å². The number of benzene rings is 1. The van der Waals surface area contributed by atoms with Gasteiger partial charge in [0.05, 0.1) is 16.4 Å². The lowest BCUT2D eigenvalue weighted by molar-refractivity contribution is 0.295. The maximum atomic E-state index is 14.6. The molecule has 3 heterocycles. The van der Waals surface area contributed by atoms with Gasteiger partial charge >= 0.3 is 0 Å². The van der Waals surface area contributed by atoms with Gasteiger partial charge in [-0.15, -0.1) is 11.3 Å². The summed E-state index contributed by atoms with van der Waals surface area (Å²) >= 11 is 7.41. The van der Waals surface area contributed by atoms with Crippen molar-refractivity contribution >= 4 is 43.8 Å². The quantitative estimate of drug-likeness (QED) is 0.705. The highest BCUT2D eigenvalue weighted by atomic mass is 35.5. The van der Waals surface area contributed by atoms with Gasteiger partial charge in [-0.2, -0.15) is 0 Å². The largest absolute Gasteiger partial charge is 0.383 e. The third-order valence-corrected chi connectivity index (χ3v) is 8.12. The molecule has 0 spiro atoms. The summed E-state index contributed by atoms with van der Waals surface area (Å²) in [5, 5.41) is 5.30. The number of halogens is 2. The van der Waals surface area contributed by atoms with Crippen LogP contribution in [-0.4, -0.2) is 44.0 Å². The molecule has 1 unspecified atom stereocenters. The number of rotatable bonds is 6. The zero-order chi connectivity index (χ0) is 19.9. The van der Waals surface area contributed by atoms with Crippen molar-refractivity contribution in [3.63, 3.8) is 0 Å². The third-order valence-electron chi connectivity index (χ3n) is 5.45. The number of hydrogen-bond acceptors (Lipinski definition) is 6. The fourth-order valence-corrected chi connectivity index (χ4v) is 6.43. The molecule has 0 amide bonds. The SMILES string of the molecule is Cc1csc(NS(=O)(=O)c2cc(Cl)c(NC[C@@H]3CCN4CCCC34)cc2F)n1. The van der Waals surface area contributed by atoms with Crippen LogP contribution in [-0.2, 0) is 10.0 Å². The molecule has 152 valence electrons. The van der Waals surface area contributed by atoms with Gasteiger partial charge in [-0.3, -0.25) is 4.72 Å². The Labute approximate surface area is 173 Å². The van der Waals surface area contributed by atoms with Crippen molar-refractivity contribution in [1.29, 1.82) is 0 Å². The normalized spacial score (nSPS) is 22.4. The molecule has 0 saturated carbocycles. The Morgan fingerprint density at radius 2 is 2.18 bits per heavy atom. The molecule has 2 aliphatic rings. The Morgan fingerprint density at radius 1 is 1.36 bits per heavy atom. The summed E-state index contributed by atoms with van der Waals surface area (Å²) in [6.45, 7) is 4.72. The highest BCUT2D eigenvalue weighted by molar-refractivity contribution is 7.93.